The SMILES string of the molecule is CC(C)(O)C(F)(F)COC(N)=O. The number of carbonyl (C=O) groups excluding carboxylic acids is 1. The van der Waals surface area contributed by atoms with E-state index in [1.165, 1.54) is 0 Å². The smallest absolute Gasteiger partial charge is 0.404 e. The highest BCUT2D eigenvalue weighted by atomic mass is 19.3. The number of hydrogen-bond acceptors (Lipinski definition) is 3. The zero-order chi connectivity index (χ0) is 9.99. The molecule has 0 aromatic carbocycles. The van der Waals surface area contributed by atoms with Gasteiger partial charge in [0.25, 0.3) is 0 Å². The Hall–Kier alpha value is -0.910. The zero-order valence-corrected chi connectivity index (χ0v) is 6.80. The summed E-state index contributed by atoms with van der Waals surface area (Å²) in [5, 5.41) is 8.88. The molecule has 6 heteroatoms. The van der Waals surface area contributed by atoms with Crippen LogP contribution in [-0.2, 0) is 4.74 Å². The number of alkyl halides is 2. The molecule has 0 aliphatic rings. The first-order valence-electron chi connectivity index (χ1n) is 3.19. The molecule has 0 aliphatic heterocycles. The van der Waals surface area contributed by atoms with Gasteiger partial charge in [0.2, 0.25) is 0 Å². The van der Waals surface area contributed by atoms with E-state index in [-0.39, 0.29) is 0 Å². The first-order chi connectivity index (χ1) is 5.17. The van der Waals surface area contributed by atoms with Gasteiger partial charge in [-0.3, -0.25) is 0 Å². The summed E-state index contributed by atoms with van der Waals surface area (Å²) >= 11 is 0. The van der Waals surface area contributed by atoms with Crippen molar-refractivity contribution < 1.29 is 23.4 Å². The topological polar surface area (TPSA) is 72.6 Å². The number of primary amides is 1. The minimum atomic E-state index is -3.50. The summed E-state index contributed by atoms with van der Waals surface area (Å²) in [6.07, 6.45) is -1.29. The normalized spacial score (nSPS) is 12.8. The van der Waals surface area contributed by atoms with E-state index in [0.29, 0.717) is 0 Å². The van der Waals surface area contributed by atoms with Crippen LogP contribution in [0.25, 0.3) is 0 Å². The molecule has 0 atom stereocenters. The molecule has 0 rings (SSSR count). The van der Waals surface area contributed by atoms with E-state index >= 15 is 0 Å². The highest BCUT2D eigenvalue weighted by Crippen LogP contribution is 2.27. The Bertz CT molecular complexity index is 176. The van der Waals surface area contributed by atoms with Crippen LogP contribution in [0.5, 0.6) is 0 Å². The first kappa shape index (κ1) is 11.1. The van der Waals surface area contributed by atoms with Crippen LogP contribution >= 0.6 is 0 Å². The van der Waals surface area contributed by atoms with Gasteiger partial charge in [0.05, 0.1) is 0 Å². The summed E-state index contributed by atoms with van der Waals surface area (Å²) in [6.45, 7) is 0.612. The third kappa shape index (κ3) is 3.00. The second-order valence-corrected chi connectivity index (χ2v) is 2.87. The second-order valence-electron chi connectivity index (χ2n) is 2.87. The minimum absolute atomic E-state index is 0.914. The van der Waals surface area contributed by atoms with E-state index in [1.807, 2.05) is 0 Å². The number of ether oxygens (including phenoxy) is 1. The van der Waals surface area contributed by atoms with E-state index in [1.54, 1.807) is 0 Å². The molecule has 0 heterocycles. The van der Waals surface area contributed by atoms with Crippen LogP contribution in [0.4, 0.5) is 13.6 Å². The number of halogens is 2. The minimum Gasteiger partial charge on any atom is -0.443 e. The maximum atomic E-state index is 12.7. The Morgan fingerprint density at radius 1 is 1.58 bits per heavy atom. The molecule has 0 aromatic heterocycles. The van der Waals surface area contributed by atoms with Crippen molar-refractivity contribution in [3.8, 4) is 0 Å². The summed E-state index contributed by atoms with van der Waals surface area (Å²) in [4.78, 5) is 9.96. The molecular formula is C6H11F2NO3. The third-order valence-electron chi connectivity index (χ3n) is 1.29. The Labute approximate surface area is 68.3 Å². The number of nitrogens with two attached hydrogens (primary N) is 1. The van der Waals surface area contributed by atoms with Crippen molar-refractivity contribution in [1.82, 2.24) is 0 Å². The van der Waals surface area contributed by atoms with Gasteiger partial charge in [0, 0.05) is 0 Å². The van der Waals surface area contributed by atoms with Gasteiger partial charge >= 0.3 is 12.0 Å². The molecule has 0 saturated heterocycles. The molecule has 0 spiro atoms. The Kier molecular flexibility index (Phi) is 2.98. The lowest BCUT2D eigenvalue weighted by molar-refractivity contribution is -0.182. The quantitative estimate of drug-likeness (QED) is 0.668. The Morgan fingerprint density at radius 2 is 2.00 bits per heavy atom. The van der Waals surface area contributed by atoms with E-state index in [2.05, 4.69) is 10.5 Å². The first-order valence-corrected chi connectivity index (χ1v) is 3.19. The lowest BCUT2D eigenvalue weighted by atomic mass is 10.0. The molecule has 72 valence electrons. The number of rotatable bonds is 3. The average Bonchev–Trinajstić information content (AvgIpc) is 1.81. The van der Waals surface area contributed by atoms with Crippen molar-refractivity contribution in [3.05, 3.63) is 0 Å². The average molecular weight is 183 g/mol. The van der Waals surface area contributed by atoms with E-state index in [9.17, 15) is 13.6 Å². The largest absolute Gasteiger partial charge is 0.443 e. The van der Waals surface area contributed by atoms with Gasteiger partial charge in [0.1, 0.15) is 5.60 Å². The van der Waals surface area contributed by atoms with Gasteiger partial charge in [-0.25, -0.2) is 4.79 Å². The summed E-state index contributed by atoms with van der Waals surface area (Å²) in [5.41, 5.74) is 2.23. The number of amides is 1. The molecular weight excluding hydrogens is 172 g/mol. The molecule has 0 unspecified atom stereocenters. The summed E-state index contributed by atoms with van der Waals surface area (Å²) in [6, 6.07) is 0. The van der Waals surface area contributed by atoms with Crippen LogP contribution in [0.1, 0.15) is 13.8 Å². The molecule has 0 aromatic rings. The predicted molar refractivity (Wildman–Crippen MR) is 36.8 cm³/mol. The van der Waals surface area contributed by atoms with Crippen molar-refractivity contribution in [2.24, 2.45) is 5.73 Å². The van der Waals surface area contributed by atoms with Crippen LogP contribution in [0.3, 0.4) is 0 Å². The molecule has 0 fully saturated rings. The highest BCUT2D eigenvalue weighted by Gasteiger charge is 2.46. The van der Waals surface area contributed by atoms with Crippen molar-refractivity contribution in [2.75, 3.05) is 6.61 Å². The second kappa shape index (κ2) is 3.22. The zero-order valence-electron chi connectivity index (χ0n) is 6.80. The number of carbonyl (C=O) groups is 1. The van der Waals surface area contributed by atoms with Crippen molar-refractivity contribution >= 4 is 6.09 Å². The lowest BCUT2D eigenvalue weighted by Gasteiger charge is -2.27. The summed E-state index contributed by atoms with van der Waals surface area (Å²) in [7, 11) is 0. The highest BCUT2D eigenvalue weighted by molar-refractivity contribution is 5.64. The molecule has 4 nitrogen and oxygen atoms in total. The predicted octanol–water partition coefficient (Wildman–Crippen LogP) is 0.488. The van der Waals surface area contributed by atoms with Gasteiger partial charge in [-0.1, -0.05) is 0 Å². The molecule has 0 radical (unpaired) electrons. The van der Waals surface area contributed by atoms with E-state index in [4.69, 9.17) is 5.11 Å². The molecule has 12 heavy (non-hydrogen) atoms. The van der Waals surface area contributed by atoms with Crippen LogP contribution in [0.15, 0.2) is 0 Å². The monoisotopic (exact) mass is 183 g/mol. The van der Waals surface area contributed by atoms with Crippen LogP contribution < -0.4 is 5.73 Å². The van der Waals surface area contributed by atoms with Crippen LogP contribution in [-0.4, -0.2) is 29.3 Å². The van der Waals surface area contributed by atoms with E-state index < -0.39 is 24.2 Å². The van der Waals surface area contributed by atoms with Gasteiger partial charge in [-0.05, 0) is 13.8 Å². The fourth-order valence-corrected chi connectivity index (χ4v) is 0.338. The van der Waals surface area contributed by atoms with Gasteiger partial charge in [0.15, 0.2) is 6.61 Å². The summed E-state index contributed by atoms with van der Waals surface area (Å²) in [5.74, 6) is -3.50. The molecule has 0 bridgehead atoms. The van der Waals surface area contributed by atoms with E-state index in [0.717, 1.165) is 13.8 Å². The maximum Gasteiger partial charge on any atom is 0.404 e. The number of aliphatic hydroxyl groups is 1. The van der Waals surface area contributed by atoms with Gasteiger partial charge in [-0.15, -0.1) is 0 Å². The van der Waals surface area contributed by atoms with Gasteiger partial charge in [-0.2, -0.15) is 8.78 Å². The molecule has 3 N–H and O–H groups in total. The maximum absolute atomic E-state index is 12.7. The molecule has 0 aliphatic carbocycles. The Morgan fingerprint density at radius 3 is 2.25 bits per heavy atom. The fraction of sp³-hybridized carbons (Fsp3) is 0.833. The molecule has 0 saturated carbocycles. The fourth-order valence-electron chi connectivity index (χ4n) is 0.338. The standard InChI is InChI=1S/C6H11F2NO3/c1-5(2,11)6(7,8)3-12-4(9)10/h11H,3H2,1-2H3,(H2,9,10). The Balaban J connectivity index is 4.14. The lowest BCUT2D eigenvalue weighted by Crippen LogP contribution is -2.47. The van der Waals surface area contributed by atoms with Crippen LogP contribution in [0.2, 0.25) is 0 Å². The molecule has 1 amide bonds. The van der Waals surface area contributed by atoms with Crippen molar-refractivity contribution in [1.29, 1.82) is 0 Å². The summed E-state index contributed by atoms with van der Waals surface area (Å²) < 4.78 is 29.3. The van der Waals surface area contributed by atoms with Crippen molar-refractivity contribution in [3.63, 3.8) is 0 Å². The third-order valence-corrected chi connectivity index (χ3v) is 1.29. The van der Waals surface area contributed by atoms with Crippen LogP contribution in [0, 0.1) is 0 Å². The number of hydrogen-bond donors (Lipinski definition) is 2. The van der Waals surface area contributed by atoms with Crippen molar-refractivity contribution in [2.45, 2.75) is 25.4 Å². The van der Waals surface area contributed by atoms with Gasteiger partial charge < -0.3 is 15.6 Å².